The normalized spacial score (nSPS) is 12.0. The summed E-state index contributed by atoms with van der Waals surface area (Å²) >= 11 is 0. The van der Waals surface area contributed by atoms with Crippen LogP contribution in [0.15, 0.2) is 34.9 Å². The van der Waals surface area contributed by atoms with Crippen molar-refractivity contribution in [1.29, 1.82) is 0 Å². The van der Waals surface area contributed by atoms with Gasteiger partial charge in [0.2, 0.25) is 0 Å². The Balaban J connectivity index is 1.84. The molecule has 1 atom stereocenters. The monoisotopic (exact) mass is 303 g/mol. The third-order valence-corrected chi connectivity index (χ3v) is 3.49. The summed E-state index contributed by atoms with van der Waals surface area (Å²) < 4.78 is 5.05. The predicted octanol–water partition coefficient (Wildman–Crippen LogP) is 1.69. The van der Waals surface area contributed by atoms with Crippen molar-refractivity contribution in [1.82, 2.24) is 15.8 Å². The van der Waals surface area contributed by atoms with E-state index in [9.17, 15) is 9.90 Å². The Kier molecular flexibility index (Phi) is 5.55. The topological polar surface area (TPSA) is 87.4 Å². The number of benzene rings is 1. The molecule has 1 heterocycles. The Morgan fingerprint density at radius 1 is 1.32 bits per heavy atom. The Labute approximate surface area is 129 Å². The first-order valence-electron chi connectivity index (χ1n) is 7.21. The number of nitrogens with one attached hydrogen (secondary N) is 2. The summed E-state index contributed by atoms with van der Waals surface area (Å²) in [5.74, 6) is 0.695. The fourth-order valence-electron chi connectivity index (χ4n) is 2.22. The van der Waals surface area contributed by atoms with Gasteiger partial charge in [0.05, 0.1) is 18.3 Å². The predicted molar refractivity (Wildman–Crippen MR) is 82.4 cm³/mol. The second-order valence-electron chi connectivity index (χ2n) is 5.20. The van der Waals surface area contributed by atoms with E-state index in [2.05, 4.69) is 15.8 Å². The first-order chi connectivity index (χ1) is 10.6. The van der Waals surface area contributed by atoms with Gasteiger partial charge < -0.3 is 20.3 Å². The highest BCUT2D eigenvalue weighted by atomic mass is 16.5. The summed E-state index contributed by atoms with van der Waals surface area (Å²) in [7, 11) is 0. The molecule has 22 heavy (non-hydrogen) atoms. The largest absolute Gasteiger partial charge is 0.394 e. The fourth-order valence-corrected chi connectivity index (χ4v) is 2.22. The molecular formula is C16H21N3O3. The van der Waals surface area contributed by atoms with Crippen LogP contribution < -0.4 is 10.6 Å². The van der Waals surface area contributed by atoms with Gasteiger partial charge in [0.25, 0.3) is 0 Å². The minimum absolute atomic E-state index is 0.117. The summed E-state index contributed by atoms with van der Waals surface area (Å²) in [4.78, 5) is 11.9. The van der Waals surface area contributed by atoms with Gasteiger partial charge in [-0.1, -0.05) is 35.5 Å². The lowest BCUT2D eigenvalue weighted by Crippen LogP contribution is -2.44. The SMILES string of the molecule is Cc1noc(C)c1CNC(=O)N[C@H](CO)Cc1ccccc1. The average molecular weight is 303 g/mol. The molecule has 6 heteroatoms. The van der Waals surface area contributed by atoms with Crippen molar-refractivity contribution in [3.8, 4) is 0 Å². The standard InChI is InChI=1S/C16H21N3O3/c1-11-15(12(2)22-19-11)9-17-16(21)18-14(10-20)8-13-6-4-3-5-7-13/h3-7,14,20H,8-10H2,1-2H3,(H2,17,18,21)/t14-/m0/s1. The van der Waals surface area contributed by atoms with Crippen LogP contribution in [0.3, 0.4) is 0 Å². The number of aromatic nitrogens is 1. The molecule has 2 rings (SSSR count). The van der Waals surface area contributed by atoms with Crippen LogP contribution in [0.25, 0.3) is 0 Å². The van der Waals surface area contributed by atoms with Gasteiger partial charge in [-0.15, -0.1) is 0 Å². The molecule has 0 fully saturated rings. The quantitative estimate of drug-likeness (QED) is 0.758. The van der Waals surface area contributed by atoms with Gasteiger partial charge in [-0.3, -0.25) is 0 Å². The minimum atomic E-state index is -0.327. The van der Waals surface area contributed by atoms with E-state index in [4.69, 9.17) is 4.52 Å². The van der Waals surface area contributed by atoms with Crippen LogP contribution in [0.2, 0.25) is 0 Å². The first kappa shape index (κ1) is 16.0. The summed E-state index contributed by atoms with van der Waals surface area (Å²) in [5.41, 5.74) is 2.70. The van der Waals surface area contributed by atoms with Crippen LogP contribution >= 0.6 is 0 Å². The lowest BCUT2D eigenvalue weighted by molar-refractivity contribution is 0.215. The van der Waals surface area contributed by atoms with Gasteiger partial charge in [-0.25, -0.2) is 4.79 Å². The van der Waals surface area contributed by atoms with Crippen LogP contribution in [0.4, 0.5) is 4.79 Å². The van der Waals surface area contributed by atoms with Gasteiger partial charge in [0.1, 0.15) is 5.76 Å². The van der Waals surface area contributed by atoms with E-state index in [0.717, 1.165) is 16.8 Å². The number of urea groups is 1. The molecule has 0 saturated heterocycles. The maximum Gasteiger partial charge on any atom is 0.315 e. The first-order valence-corrected chi connectivity index (χ1v) is 7.21. The Bertz CT molecular complexity index is 591. The molecule has 0 bridgehead atoms. The molecule has 1 aromatic carbocycles. The Morgan fingerprint density at radius 2 is 2.05 bits per heavy atom. The van der Waals surface area contributed by atoms with Crippen LogP contribution in [-0.4, -0.2) is 28.9 Å². The number of aliphatic hydroxyl groups excluding tert-OH is 1. The van der Waals surface area contributed by atoms with Crippen molar-refractivity contribution in [2.24, 2.45) is 0 Å². The number of carbonyl (C=O) groups is 1. The molecule has 1 aromatic heterocycles. The molecule has 0 saturated carbocycles. The van der Waals surface area contributed by atoms with Crippen molar-refractivity contribution in [2.75, 3.05) is 6.61 Å². The number of rotatable bonds is 6. The third kappa shape index (κ3) is 4.33. The fraction of sp³-hybridized carbons (Fsp3) is 0.375. The van der Waals surface area contributed by atoms with Crippen molar-refractivity contribution in [2.45, 2.75) is 32.9 Å². The van der Waals surface area contributed by atoms with Crippen molar-refractivity contribution in [3.63, 3.8) is 0 Å². The lowest BCUT2D eigenvalue weighted by atomic mass is 10.1. The van der Waals surface area contributed by atoms with Crippen molar-refractivity contribution < 1.29 is 14.4 Å². The summed E-state index contributed by atoms with van der Waals surface area (Å²) in [6.07, 6.45) is 0.579. The number of amides is 2. The van der Waals surface area contributed by atoms with Gasteiger partial charge in [-0.05, 0) is 25.8 Å². The Morgan fingerprint density at radius 3 is 2.64 bits per heavy atom. The highest BCUT2D eigenvalue weighted by molar-refractivity contribution is 5.74. The maximum absolute atomic E-state index is 11.9. The van der Waals surface area contributed by atoms with E-state index >= 15 is 0 Å². The Hall–Kier alpha value is -2.34. The molecule has 2 amide bonds. The highest BCUT2D eigenvalue weighted by Gasteiger charge is 2.14. The number of aryl methyl sites for hydroxylation is 2. The van der Waals surface area contributed by atoms with Gasteiger partial charge in [0.15, 0.2) is 0 Å². The van der Waals surface area contributed by atoms with E-state index in [1.54, 1.807) is 6.92 Å². The molecule has 0 radical (unpaired) electrons. The average Bonchev–Trinajstić information content (AvgIpc) is 2.84. The van der Waals surface area contributed by atoms with Gasteiger partial charge in [0, 0.05) is 12.1 Å². The summed E-state index contributed by atoms with van der Waals surface area (Å²) in [6, 6.07) is 9.07. The number of hydrogen-bond acceptors (Lipinski definition) is 4. The highest BCUT2D eigenvalue weighted by Crippen LogP contribution is 2.11. The zero-order valence-corrected chi connectivity index (χ0v) is 12.8. The molecule has 118 valence electrons. The summed E-state index contributed by atoms with van der Waals surface area (Å²) in [5, 5.41) is 18.8. The molecular weight excluding hydrogens is 282 g/mol. The smallest absolute Gasteiger partial charge is 0.315 e. The van der Waals surface area contributed by atoms with E-state index in [0.29, 0.717) is 18.7 Å². The molecule has 0 aliphatic rings. The molecule has 0 unspecified atom stereocenters. The zero-order chi connectivity index (χ0) is 15.9. The van der Waals surface area contributed by atoms with Crippen LogP contribution in [0, 0.1) is 13.8 Å². The maximum atomic E-state index is 11.9. The number of carbonyl (C=O) groups excluding carboxylic acids is 1. The van der Waals surface area contributed by atoms with E-state index in [-0.39, 0.29) is 18.7 Å². The van der Waals surface area contributed by atoms with Crippen molar-refractivity contribution >= 4 is 6.03 Å². The molecule has 2 aromatic rings. The second kappa shape index (κ2) is 7.61. The lowest BCUT2D eigenvalue weighted by Gasteiger charge is -2.17. The van der Waals surface area contributed by atoms with E-state index < -0.39 is 0 Å². The van der Waals surface area contributed by atoms with Gasteiger partial charge in [-0.2, -0.15) is 0 Å². The second-order valence-corrected chi connectivity index (χ2v) is 5.20. The van der Waals surface area contributed by atoms with E-state index in [1.807, 2.05) is 37.3 Å². The molecule has 3 N–H and O–H groups in total. The van der Waals surface area contributed by atoms with Crippen molar-refractivity contribution in [3.05, 3.63) is 52.9 Å². The molecule has 6 nitrogen and oxygen atoms in total. The zero-order valence-electron chi connectivity index (χ0n) is 12.8. The molecule has 0 spiro atoms. The van der Waals surface area contributed by atoms with Crippen LogP contribution in [-0.2, 0) is 13.0 Å². The van der Waals surface area contributed by atoms with E-state index in [1.165, 1.54) is 0 Å². The number of nitrogens with zero attached hydrogens (tertiary/aromatic N) is 1. The van der Waals surface area contributed by atoms with Gasteiger partial charge >= 0.3 is 6.03 Å². The van der Waals surface area contributed by atoms with Crippen LogP contribution in [0.5, 0.6) is 0 Å². The minimum Gasteiger partial charge on any atom is -0.394 e. The number of hydrogen-bond donors (Lipinski definition) is 3. The molecule has 0 aliphatic heterocycles. The number of aliphatic hydroxyl groups is 1. The summed E-state index contributed by atoms with van der Waals surface area (Å²) in [6.45, 7) is 3.86. The van der Waals surface area contributed by atoms with Crippen LogP contribution in [0.1, 0.15) is 22.6 Å². The molecule has 0 aliphatic carbocycles. The third-order valence-electron chi connectivity index (χ3n) is 3.49.